The van der Waals surface area contributed by atoms with Crippen molar-refractivity contribution in [3.05, 3.63) is 50.5 Å². The number of nitrogens with zero attached hydrogens (tertiary/aromatic N) is 5. The van der Waals surface area contributed by atoms with Crippen LogP contribution in [0.15, 0.2) is 39.3 Å². The quantitative estimate of drug-likeness (QED) is 0.494. The van der Waals surface area contributed by atoms with Crippen molar-refractivity contribution in [1.29, 1.82) is 0 Å². The van der Waals surface area contributed by atoms with Gasteiger partial charge in [0, 0.05) is 25.7 Å². The number of likely N-dealkylation sites (N-methyl/N-ethyl adjacent to an activating group) is 1. The largest absolute Gasteiger partial charge is 0.494 e. The fourth-order valence-electron chi connectivity index (χ4n) is 2.98. The number of hydrogen-bond acceptors (Lipinski definition) is 6. The number of amides is 1. The maximum atomic E-state index is 12.6. The molecular weight excluding hydrogens is 366 g/mol. The molecule has 0 aliphatic carbocycles. The zero-order valence-corrected chi connectivity index (χ0v) is 16.0. The first-order chi connectivity index (χ1) is 12.9. The van der Waals surface area contributed by atoms with Crippen molar-refractivity contribution >= 4 is 35.7 Å². The summed E-state index contributed by atoms with van der Waals surface area (Å²) < 4.78 is 3.06. The molecule has 3 rings (SSSR count). The lowest BCUT2D eigenvalue weighted by Crippen LogP contribution is -2.28. The van der Waals surface area contributed by atoms with Crippen LogP contribution in [0.1, 0.15) is 25.0 Å². The number of hydrogen-bond donors (Lipinski definition) is 1. The van der Waals surface area contributed by atoms with Crippen LogP contribution in [0, 0.1) is 4.77 Å². The Labute approximate surface area is 160 Å². The molecule has 1 aliphatic heterocycles. The Morgan fingerprint density at radius 3 is 2.48 bits per heavy atom. The number of fused-ring (bicyclic) bond motifs is 1. The second-order valence-electron chi connectivity index (χ2n) is 5.89. The summed E-state index contributed by atoms with van der Waals surface area (Å²) in [5.74, 6) is -0.551. The number of carbonyl (C=O) groups excluding carboxylic acids is 1. The summed E-state index contributed by atoms with van der Waals surface area (Å²) in [5.41, 5.74) is 1.12. The maximum absolute atomic E-state index is 12.6. The van der Waals surface area contributed by atoms with Crippen LogP contribution < -0.4 is 10.5 Å². The zero-order chi connectivity index (χ0) is 19.7. The van der Waals surface area contributed by atoms with Crippen molar-refractivity contribution in [3.63, 3.8) is 0 Å². The Kier molecular flexibility index (Phi) is 5.04. The van der Waals surface area contributed by atoms with Crippen LogP contribution in [0.2, 0.25) is 0 Å². The summed E-state index contributed by atoms with van der Waals surface area (Å²) in [7, 11) is 1.66. The van der Waals surface area contributed by atoms with Gasteiger partial charge >= 0.3 is 0 Å². The molecule has 1 N–H and O–H groups in total. The molecule has 0 unspecified atom stereocenters. The van der Waals surface area contributed by atoms with Crippen molar-refractivity contribution in [3.8, 4) is 5.88 Å². The molecule has 27 heavy (non-hydrogen) atoms. The summed E-state index contributed by atoms with van der Waals surface area (Å²) in [6.45, 7) is 4.37. The third-order valence-corrected chi connectivity index (χ3v) is 4.88. The molecule has 2 aromatic rings. The Morgan fingerprint density at radius 2 is 1.81 bits per heavy atom. The minimum Gasteiger partial charge on any atom is -0.494 e. The van der Waals surface area contributed by atoms with Gasteiger partial charge in [-0.1, -0.05) is 18.2 Å². The molecule has 0 fully saturated rings. The highest BCUT2D eigenvalue weighted by Crippen LogP contribution is 2.27. The van der Waals surface area contributed by atoms with Gasteiger partial charge in [-0.15, -0.1) is 5.10 Å². The molecule has 1 aliphatic rings. The molecule has 9 heteroatoms. The van der Waals surface area contributed by atoms with Gasteiger partial charge in [-0.2, -0.15) is 5.10 Å². The van der Waals surface area contributed by atoms with Gasteiger partial charge in [0.15, 0.2) is 10.5 Å². The normalized spacial score (nSPS) is 15.1. The highest BCUT2D eigenvalue weighted by Gasteiger charge is 2.31. The maximum Gasteiger partial charge on any atom is 0.279 e. The van der Waals surface area contributed by atoms with Crippen LogP contribution in [0.25, 0.3) is 0 Å². The molecule has 0 saturated carbocycles. The number of anilines is 1. The van der Waals surface area contributed by atoms with E-state index in [9.17, 15) is 14.7 Å². The Bertz CT molecular complexity index is 1100. The van der Waals surface area contributed by atoms with Gasteiger partial charge in [-0.05, 0) is 32.1 Å². The standard InChI is InChI=1S/C18H19N5O3S/c1-4-22-15(24)12(16(25)23(5-2)18(22)27)10-19-20-14-11-8-6-7-9-13(11)21(3)17(14)26/h6-10,24H,4-5H2,1-3H3/b19-10+,20-14?. The third kappa shape index (κ3) is 2.99. The van der Waals surface area contributed by atoms with Crippen molar-refractivity contribution in [1.82, 2.24) is 9.13 Å². The molecule has 0 bridgehead atoms. The van der Waals surface area contributed by atoms with Crippen LogP contribution in [0.3, 0.4) is 0 Å². The summed E-state index contributed by atoms with van der Waals surface area (Å²) >= 11 is 5.24. The molecular formula is C18H19N5O3S. The highest BCUT2D eigenvalue weighted by atomic mass is 32.1. The molecule has 8 nitrogen and oxygen atoms in total. The van der Waals surface area contributed by atoms with Crippen LogP contribution in [-0.2, 0) is 17.9 Å². The number of aromatic hydroxyl groups is 1. The second-order valence-corrected chi connectivity index (χ2v) is 6.25. The number of rotatable bonds is 4. The number of aromatic nitrogens is 2. The van der Waals surface area contributed by atoms with E-state index in [2.05, 4.69) is 10.2 Å². The average molecular weight is 385 g/mol. The molecule has 0 atom stereocenters. The van der Waals surface area contributed by atoms with Crippen molar-refractivity contribution in [2.45, 2.75) is 26.9 Å². The minimum atomic E-state index is -0.455. The van der Waals surface area contributed by atoms with Gasteiger partial charge in [0.25, 0.3) is 11.5 Å². The summed E-state index contributed by atoms with van der Waals surface area (Å²) in [4.78, 5) is 26.4. The lowest BCUT2D eigenvalue weighted by molar-refractivity contribution is -0.111. The smallest absolute Gasteiger partial charge is 0.279 e. The van der Waals surface area contributed by atoms with Gasteiger partial charge < -0.3 is 10.0 Å². The summed E-state index contributed by atoms with van der Waals surface area (Å²) in [6, 6.07) is 7.24. The fraction of sp³-hybridized carbons (Fsp3) is 0.278. The van der Waals surface area contributed by atoms with Crippen LogP contribution in [-0.4, -0.2) is 39.1 Å². The first kappa shape index (κ1) is 18.7. The third-order valence-electron chi connectivity index (χ3n) is 4.44. The van der Waals surface area contributed by atoms with Crippen LogP contribution in [0.4, 0.5) is 5.69 Å². The Balaban J connectivity index is 2.08. The van der Waals surface area contributed by atoms with E-state index in [4.69, 9.17) is 12.2 Å². The number of carbonyl (C=O) groups is 1. The summed E-state index contributed by atoms with van der Waals surface area (Å²) in [5, 5.41) is 18.3. The van der Waals surface area contributed by atoms with E-state index in [1.807, 2.05) is 25.1 Å². The molecule has 1 aromatic carbocycles. The highest BCUT2D eigenvalue weighted by molar-refractivity contribution is 7.71. The second kappa shape index (κ2) is 7.28. The molecule has 140 valence electrons. The van der Waals surface area contributed by atoms with Gasteiger partial charge in [0.05, 0.1) is 11.9 Å². The SMILES string of the molecule is CCn1c(O)c(/C=N/N=C2C(=O)N(C)c3ccccc32)c(=O)n(CC)c1=S. The number of para-hydroxylation sites is 1. The Hall–Kier alpha value is -3.07. The fourth-order valence-corrected chi connectivity index (χ4v) is 3.40. The summed E-state index contributed by atoms with van der Waals surface area (Å²) in [6.07, 6.45) is 1.16. The minimum absolute atomic E-state index is 0.0243. The van der Waals surface area contributed by atoms with Gasteiger partial charge in [-0.25, -0.2) is 0 Å². The van der Waals surface area contributed by atoms with Crippen LogP contribution in [0.5, 0.6) is 5.88 Å². The Morgan fingerprint density at radius 1 is 1.15 bits per heavy atom. The predicted octanol–water partition coefficient (Wildman–Crippen LogP) is 1.92. The van der Waals surface area contributed by atoms with Crippen molar-refractivity contribution in [2.24, 2.45) is 10.2 Å². The lowest BCUT2D eigenvalue weighted by atomic mass is 10.1. The average Bonchev–Trinajstić information content (AvgIpc) is 2.90. The topological polar surface area (TPSA) is 92.2 Å². The monoisotopic (exact) mass is 385 g/mol. The van der Waals surface area contributed by atoms with Gasteiger partial charge in [0.2, 0.25) is 5.88 Å². The first-order valence-corrected chi connectivity index (χ1v) is 8.88. The molecule has 2 heterocycles. The lowest BCUT2D eigenvalue weighted by Gasteiger charge is -2.13. The zero-order valence-electron chi connectivity index (χ0n) is 15.2. The molecule has 0 saturated heterocycles. The predicted molar refractivity (Wildman–Crippen MR) is 107 cm³/mol. The van der Waals surface area contributed by atoms with Crippen molar-refractivity contribution in [2.75, 3.05) is 11.9 Å². The molecule has 0 spiro atoms. The van der Waals surface area contributed by atoms with E-state index in [1.165, 1.54) is 14.0 Å². The van der Waals surface area contributed by atoms with E-state index < -0.39 is 5.56 Å². The molecule has 0 radical (unpaired) electrons. The molecule has 1 aromatic heterocycles. The van der Waals surface area contributed by atoms with Gasteiger partial charge in [0.1, 0.15) is 5.56 Å². The van der Waals surface area contributed by atoms with Crippen molar-refractivity contribution < 1.29 is 9.90 Å². The number of benzene rings is 1. The van der Waals surface area contributed by atoms with Gasteiger partial charge in [-0.3, -0.25) is 18.7 Å². The van der Waals surface area contributed by atoms with Crippen LogP contribution >= 0.6 is 12.2 Å². The van der Waals surface area contributed by atoms with E-state index in [1.54, 1.807) is 20.0 Å². The van der Waals surface area contributed by atoms with E-state index in [0.29, 0.717) is 18.7 Å². The van der Waals surface area contributed by atoms with E-state index >= 15 is 0 Å². The van der Waals surface area contributed by atoms with E-state index in [-0.39, 0.29) is 27.8 Å². The molecule has 1 amide bonds. The van der Waals surface area contributed by atoms with E-state index in [0.717, 1.165) is 11.9 Å². The first-order valence-electron chi connectivity index (χ1n) is 8.47.